The van der Waals surface area contributed by atoms with Gasteiger partial charge in [-0.15, -0.1) is 0 Å². The van der Waals surface area contributed by atoms with Crippen LogP contribution in [0.1, 0.15) is 81.8 Å². The molecule has 7 aliphatic rings. The SMILES string of the molecule is NC(=O)C(=O)C(CC1CC1)NC(=O)[C@@H]1CCCN1C(=O)C(NC(=O)NC12CC3CC(CC(C3)C1)C2)C1Cc2ccccc2C1. The Balaban J connectivity index is 1.08. The number of rotatable bonds is 10. The Bertz CT molecular complexity index is 1300. The van der Waals surface area contributed by atoms with E-state index in [0.717, 1.165) is 32.1 Å². The number of nitrogens with one attached hydrogen (secondary N) is 3. The summed E-state index contributed by atoms with van der Waals surface area (Å²) >= 11 is 0. The van der Waals surface area contributed by atoms with Gasteiger partial charge in [-0.1, -0.05) is 37.1 Å². The third-order valence-corrected chi connectivity index (χ3v) is 11.5. The molecule has 0 spiro atoms. The van der Waals surface area contributed by atoms with Crippen molar-refractivity contribution in [3.05, 3.63) is 35.4 Å². The molecule has 1 aliphatic heterocycles. The standard InChI is InChI=1S/C34H45N5O5/c35-30(41)29(40)26(13-19-7-8-19)36-31(42)27-6-3-9-39(27)32(43)28(25-14-23-4-1-2-5-24(23)15-25)37-33(44)38-34-16-20-10-21(17-34)12-22(11-20)18-34/h1-2,4-5,19-22,25-28H,3,6-18H2,(H2,35,41)(H,36,42)(H2,37,38,44)/t20?,21?,22?,26?,27-,28?,34?/m0/s1. The first-order valence-electron chi connectivity index (χ1n) is 16.8. The number of fused-ring (bicyclic) bond motifs is 1. The summed E-state index contributed by atoms with van der Waals surface area (Å²) < 4.78 is 0. The summed E-state index contributed by atoms with van der Waals surface area (Å²) in [7, 11) is 0. The molecule has 1 heterocycles. The molecule has 1 saturated heterocycles. The van der Waals surface area contributed by atoms with E-state index in [-0.39, 0.29) is 29.3 Å². The molecule has 3 atom stereocenters. The van der Waals surface area contributed by atoms with Crippen LogP contribution < -0.4 is 21.7 Å². The van der Waals surface area contributed by atoms with E-state index in [0.29, 0.717) is 56.4 Å². The van der Waals surface area contributed by atoms with Crippen LogP contribution in [-0.4, -0.2) is 64.6 Å². The number of carbonyl (C=O) groups excluding carboxylic acids is 5. The van der Waals surface area contributed by atoms with Crippen molar-refractivity contribution in [3.8, 4) is 0 Å². The molecule has 5 N–H and O–H groups in total. The summed E-state index contributed by atoms with van der Waals surface area (Å²) in [5.74, 6) is -0.382. The molecular formula is C34H45N5O5. The minimum Gasteiger partial charge on any atom is -0.363 e. The zero-order valence-electron chi connectivity index (χ0n) is 25.4. The van der Waals surface area contributed by atoms with Gasteiger partial charge in [-0.2, -0.15) is 0 Å². The van der Waals surface area contributed by atoms with Crippen molar-refractivity contribution in [2.75, 3.05) is 6.54 Å². The third kappa shape index (κ3) is 5.84. The topological polar surface area (TPSA) is 151 Å². The number of urea groups is 1. The van der Waals surface area contributed by atoms with Crippen LogP contribution in [0.3, 0.4) is 0 Å². The van der Waals surface area contributed by atoms with Crippen molar-refractivity contribution in [3.63, 3.8) is 0 Å². The second-order valence-corrected chi connectivity index (χ2v) is 14.9. The second-order valence-electron chi connectivity index (χ2n) is 14.9. The van der Waals surface area contributed by atoms with E-state index in [4.69, 9.17) is 5.73 Å². The lowest BCUT2D eigenvalue weighted by Crippen LogP contribution is -2.64. The van der Waals surface area contributed by atoms with Crippen molar-refractivity contribution in [2.45, 2.75) is 107 Å². The fourth-order valence-electron chi connectivity index (χ4n) is 9.73. The first-order chi connectivity index (χ1) is 21.2. The number of Topliss-reactive ketones (excluding diaryl/α,β-unsaturated/α-hetero) is 1. The Morgan fingerprint density at radius 3 is 2.07 bits per heavy atom. The fourth-order valence-corrected chi connectivity index (χ4v) is 9.73. The maximum absolute atomic E-state index is 14.4. The van der Waals surface area contributed by atoms with Crippen molar-refractivity contribution in [2.24, 2.45) is 35.3 Å². The van der Waals surface area contributed by atoms with Gasteiger partial charge in [0.1, 0.15) is 12.1 Å². The number of amides is 5. The molecule has 1 aromatic carbocycles. The molecular weight excluding hydrogens is 558 g/mol. The molecule has 6 aliphatic carbocycles. The van der Waals surface area contributed by atoms with Gasteiger partial charge in [0.05, 0.1) is 6.04 Å². The van der Waals surface area contributed by atoms with Crippen LogP contribution in [-0.2, 0) is 32.0 Å². The molecule has 10 heteroatoms. The normalized spacial score (nSPS) is 31.7. The molecule has 44 heavy (non-hydrogen) atoms. The highest BCUT2D eigenvalue weighted by Crippen LogP contribution is 2.55. The number of hydrogen-bond acceptors (Lipinski definition) is 5. The van der Waals surface area contributed by atoms with E-state index >= 15 is 0 Å². The maximum Gasteiger partial charge on any atom is 0.315 e. The number of primary amides is 1. The predicted molar refractivity (Wildman–Crippen MR) is 162 cm³/mol. The van der Waals surface area contributed by atoms with E-state index < -0.39 is 35.7 Å². The van der Waals surface area contributed by atoms with Gasteiger partial charge in [0.2, 0.25) is 17.6 Å². The quantitative estimate of drug-likeness (QED) is 0.303. The van der Waals surface area contributed by atoms with Gasteiger partial charge in [-0.25, -0.2) is 4.79 Å². The van der Waals surface area contributed by atoms with Crippen LogP contribution in [0.25, 0.3) is 0 Å². The maximum atomic E-state index is 14.4. The highest BCUT2D eigenvalue weighted by Gasteiger charge is 2.52. The summed E-state index contributed by atoms with van der Waals surface area (Å²) in [6, 6.07) is 5.31. The summed E-state index contributed by atoms with van der Waals surface area (Å²) in [6.45, 7) is 0.391. The largest absolute Gasteiger partial charge is 0.363 e. The van der Waals surface area contributed by atoms with E-state index in [2.05, 4.69) is 28.1 Å². The van der Waals surface area contributed by atoms with Crippen LogP contribution in [0.15, 0.2) is 24.3 Å². The van der Waals surface area contributed by atoms with Crippen LogP contribution in [0.5, 0.6) is 0 Å². The number of carbonyl (C=O) groups is 5. The number of benzene rings is 1. The summed E-state index contributed by atoms with van der Waals surface area (Å²) in [5, 5.41) is 9.26. The van der Waals surface area contributed by atoms with Crippen molar-refractivity contribution in [1.29, 1.82) is 0 Å². The van der Waals surface area contributed by atoms with E-state index in [1.807, 2.05) is 12.1 Å². The van der Waals surface area contributed by atoms with Crippen LogP contribution in [0.4, 0.5) is 4.79 Å². The molecule has 5 saturated carbocycles. The van der Waals surface area contributed by atoms with Gasteiger partial charge >= 0.3 is 6.03 Å². The first-order valence-corrected chi connectivity index (χ1v) is 16.8. The Morgan fingerprint density at radius 2 is 1.50 bits per heavy atom. The zero-order chi connectivity index (χ0) is 30.6. The summed E-state index contributed by atoms with van der Waals surface area (Å²) in [5.41, 5.74) is 7.46. The van der Waals surface area contributed by atoms with Crippen molar-refractivity contribution in [1.82, 2.24) is 20.9 Å². The summed E-state index contributed by atoms with van der Waals surface area (Å²) in [4.78, 5) is 67.5. The second kappa shape index (κ2) is 11.5. The molecule has 236 valence electrons. The molecule has 6 fully saturated rings. The average molecular weight is 604 g/mol. The van der Waals surface area contributed by atoms with Crippen LogP contribution in [0, 0.1) is 29.6 Å². The van der Waals surface area contributed by atoms with E-state index in [9.17, 15) is 24.0 Å². The lowest BCUT2D eigenvalue weighted by molar-refractivity contribution is -0.142. The highest BCUT2D eigenvalue weighted by atomic mass is 16.2. The minimum atomic E-state index is -1.06. The van der Waals surface area contributed by atoms with Crippen molar-refractivity contribution < 1.29 is 24.0 Å². The summed E-state index contributed by atoms with van der Waals surface area (Å²) in [6.07, 6.45) is 11.6. The molecule has 1 aromatic rings. The van der Waals surface area contributed by atoms with Gasteiger partial charge in [0.15, 0.2) is 0 Å². The van der Waals surface area contributed by atoms with Crippen LogP contribution in [0.2, 0.25) is 0 Å². The lowest BCUT2D eigenvalue weighted by Gasteiger charge is -2.56. The molecule has 5 amide bonds. The third-order valence-electron chi connectivity index (χ3n) is 11.5. The molecule has 2 unspecified atom stereocenters. The Hall–Kier alpha value is -3.43. The lowest BCUT2D eigenvalue weighted by atomic mass is 9.53. The van der Waals surface area contributed by atoms with E-state index in [1.165, 1.54) is 30.4 Å². The molecule has 0 aromatic heterocycles. The monoisotopic (exact) mass is 603 g/mol. The minimum absolute atomic E-state index is 0.134. The number of hydrogen-bond donors (Lipinski definition) is 4. The van der Waals surface area contributed by atoms with Gasteiger partial charge in [0.25, 0.3) is 5.91 Å². The zero-order valence-corrected chi connectivity index (χ0v) is 25.4. The number of likely N-dealkylation sites (tertiary alicyclic amines) is 1. The fraction of sp³-hybridized carbons (Fsp3) is 0.676. The molecule has 8 rings (SSSR count). The Kier molecular flexibility index (Phi) is 7.65. The molecule has 4 bridgehead atoms. The van der Waals surface area contributed by atoms with Gasteiger partial charge in [-0.05, 0) is 111 Å². The van der Waals surface area contributed by atoms with Gasteiger partial charge in [-0.3, -0.25) is 19.2 Å². The van der Waals surface area contributed by atoms with Crippen molar-refractivity contribution >= 4 is 29.5 Å². The smallest absolute Gasteiger partial charge is 0.315 e. The Morgan fingerprint density at radius 1 is 0.886 bits per heavy atom. The number of nitrogens with zero attached hydrogens (tertiary/aromatic N) is 1. The number of ketones is 1. The van der Waals surface area contributed by atoms with E-state index in [1.54, 1.807) is 4.90 Å². The van der Waals surface area contributed by atoms with Crippen LogP contribution >= 0.6 is 0 Å². The predicted octanol–water partition coefficient (Wildman–Crippen LogP) is 2.37. The molecule has 0 radical (unpaired) electrons. The average Bonchev–Trinajstić information content (AvgIpc) is 3.47. The first kappa shape index (κ1) is 29.3. The van der Waals surface area contributed by atoms with Gasteiger partial charge < -0.3 is 26.6 Å². The number of nitrogens with two attached hydrogens (primary N) is 1. The van der Waals surface area contributed by atoms with Gasteiger partial charge in [0, 0.05) is 12.1 Å². The Labute approximate surface area is 258 Å². The highest BCUT2D eigenvalue weighted by molar-refractivity contribution is 6.37. The molecule has 10 nitrogen and oxygen atoms in total.